The van der Waals surface area contributed by atoms with E-state index in [0.29, 0.717) is 18.5 Å². The van der Waals surface area contributed by atoms with E-state index < -0.39 is 0 Å². The van der Waals surface area contributed by atoms with Gasteiger partial charge in [-0.3, -0.25) is 9.59 Å². The molecule has 0 bridgehead atoms. The third-order valence-electron chi connectivity index (χ3n) is 4.69. The van der Waals surface area contributed by atoms with Gasteiger partial charge in [0.05, 0.1) is 0 Å². The Morgan fingerprint density at radius 2 is 1.69 bits per heavy atom. The second-order valence-corrected chi connectivity index (χ2v) is 6.52. The zero-order chi connectivity index (χ0) is 18.4. The topological polar surface area (TPSA) is 52.7 Å². The average Bonchev–Trinajstić information content (AvgIpc) is 2.69. The minimum atomic E-state index is 0.0426. The molecule has 2 aromatic carbocycles. The number of piperazine rings is 1. The maximum Gasteiger partial charge on any atom is 0.224 e. The number of amides is 1. The molecule has 0 unspecified atom stereocenters. The van der Waals surface area contributed by atoms with Crippen LogP contribution >= 0.6 is 0 Å². The van der Waals surface area contributed by atoms with Crippen molar-refractivity contribution in [3.05, 3.63) is 60.2 Å². The van der Waals surface area contributed by atoms with E-state index >= 15 is 0 Å². The Balaban J connectivity index is 1.43. The van der Waals surface area contributed by atoms with Crippen LogP contribution in [0.3, 0.4) is 0 Å². The summed E-state index contributed by atoms with van der Waals surface area (Å²) >= 11 is 0. The van der Waals surface area contributed by atoms with Crippen LogP contribution in [0.1, 0.15) is 23.7 Å². The normalized spacial score (nSPS) is 14.2. The Morgan fingerprint density at radius 1 is 0.962 bits per heavy atom. The molecule has 0 atom stereocenters. The molecule has 0 radical (unpaired) electrons. The first-order valence-electron chi connectivity index (χ1n) is 9.06. The molecule has 0 aliphatic carbocycles. The molecule has 26 heavy (non-hydrogen) atoms. The van der Waals surface area contributed by atoms with Crippen molar-refractivity contribution in [2.75, 3.05) is 42.9 Å². The lowest BCUT2D eigenvalue weighted by molar-refractivity contribution is -0.131. The molecule has 5 nitrogen and oxygen atoms in total. The fourth-order valence-electron chi connectivity index (χ4n) is 3.17. The van der Waals surface area contributed by atoms with Gasteiger partial charge in [-0.25, -0.2) is 0 Å². The molecule has 1 N–H and O–H groups in total. The molecular weight excluding hydrogens is 326 g/mol. The first-order valence-corrected chi connectivity index (χ1v) is 9.06. The molecule has 1 aliphatic heterocycles. The van der Waals surface area contributed by atoms with Crippen LogP contribution in [0, 0.1) is 0 Å². The van der Waals surface area contributed by atoms with Gasteiger partial charge in [0, 0.05) is 56.1 Å². The largest absolute Gasteiger partial charge is 0.385 e. The minimum Gasteiger partial charge on any atom is -0.385 e. The summed E-state index contributed by atoms with van der Waals surface area (Å²) in [6.07, 6.45) is 0.454. The third kappa shape index (κ3) is 4.63. The lowest BCUT2D eigenvalue weighted by Gasteiger charge is -2.36. The number of Topliss-reactive ketones (excluding diaryl/α,β-unsaturated/α-hetero) is 1. The van der Waals surface area contributed by atoms with Crippen LogP contribution in [-0.4, -0.2) is 49.3 Å². The Hall–Kier alpha value is -2.82. The van der Waals surface area contributed by atoms with Crippen LogP contribution < -0.4 is 10.2 Å². The summed E-state index contributed by atoms with van der Waals surface area (Å²) in [6.45, 7) is 5.37. The van der Waals surface area contributed by atoms with Gasteiger partial charge in [-0.05, 0) is 31.2 Å². The maximum absolute atomic E-state index is 12.4. The number of ketones is 1. The van der Waals surface area contributed by atoms with Crippen LogP contribution in [0.2, 0.25) is 0 Å². The number of hydrogen-bond donors (Lipinski definition) is 1. The van der Waals surface area contributed by atoms with Gasteiger partial charge in [-0.15, -0.1) is 0 Å². The SMILES string of the molecule is CC(=O)c1cccc(NCCC(=O)N2CCN(c3ccccc3)CC2)c1. The predicted octanol–water partition coefficient (Wildman–Crippen LogP) is 3.04. The Kier molecular flexibility index (Phi) is 5.89. The number of benzene rings is 2. The van der Waals surface area contributed by atoms with Crippen molar-refractivity contribution in [2.45, 2.75) is 13.3 Å². The second-order valence-electron chi connectivity index (χ2n) is 6.52. The van der Waals surface area contributed by atoms with Crippen molar-refractivity contribution in [1.29, 1.82) is 0 Å². The number of hydrogen-bond acceptors (Lipinski definition) is 4. The van der Waals surface area contributed by atoms with Gasteiger partial charge in [-0.2, -0.15) is 0 Å². The summed E-state index contributed by atoms with van der Waals surface area (Å²) in [4.78, 5) is 28.1. The van der Waals surface area contributed by atoms with Crippen LogP contribution in [0.5, 0.6) is 0 Å². The summed E-state index contributed by atoms with van der Waals surface area (Å²) < 4.78 is 0. The lowest BCUT2D eigenvalue weighted by Crippen LogP contribution is -2.49. The first kappa shape index (κ1) is 18.0. The Bertz CT molecular complexity index is 753. The molecule has 0 spiro atoms. The van der Waals surface area contributed by atoms with Gasteiger partial charge in [-0.1, -0.05) is 30.3 Å². The maximum atomic E-state index is 12.4. The summed E-state index contributed by atoms with van der Waals surface area (Å²) in [6, 6.07) is 17.7. The zero-order valence-corrected chi connectivity index (χ0v) is 15.1. The van der Waals surface area contributed by atoms with Gasteiger partial charge in [0.25, 0.3) is 0 Å². The van der Waals surface area contributed by atoms with Gasteiger partial charge in [0.15, 0.2) is 5.78 Å². The van der Waals surface area contributed by atoms with E-state index in [1.54, 1.807) is 13.0 Å². The van der Waals surface area contributed by atoms with E-state index in [1.165, 1.54) is 5.69 Å². The number of carbonyl (C=O) groups excluding carboxylic acids is 2. The molecule has 1 saturated heterocycles. The zero-order valence-electron chi connectivity index (χ0n) is 15.1. The fraction of sp³-hybridized carbons (Fsp3) is 0.333. The van der Waals surface area contributed by atoms with Crippen LogP contribution in [-0.2, 0) is 4.79 Å². The molecule has 3 rings (SSSR count). The first-order chi connectivity index (χ1) is 12.6. The van der Waals surface area contributed by atoms with Crippen LogP contribution in [0.4, 0.5) is 11.4 Å². The summed E-state index contributed by atoms with van der Waals surface area (Å²) in [5.41, 5.74) is 2.77. The molecule has 136 valence electrons. The fourth-order valence-corrected chi connectivity index (χ4v) is 3.17. The van der Waals surface area contributed by atoms with Crippen molar-refractivity contribution >= 4 is 23.1 Å². The standard InChI is InChI=1S/C21H25N3O2/c1-17(25)18-6-5-7-19(16-18)22-11-10-21(26)24-14-12-23(13-15-24)20-8-3-2-4-9-20/h2-9,16,22H,10-15H2,1H3. The molecule has 5 heteroatoms. The molecular formula is C21H25N3O2. The highest BCUT2D eigenvalue weighted by Crippen LogP contribution is 2.16. The van der Waals surface area contributed by atoms with E-state index in [9.17, 15) is 9.59 Å². The minimum absolute atomic E-state index is 0.0426. The number of nitrogens with one attached hydrogen (secondary N) is 1. The Morgan fingerprint density at radius 3 is 2.38 bits per heavy atom. The highest BCUT2D eigenvalue weighted by molar-refractivity contribution is 5.94. The number of para-hydroxylation sites is 1. The molecule has 0 saturated carbocycles. The third-order valence-corrected chi connectivity index (χ3v) is 4.69. The van der Waals surface area contributed by atoms with Crippen molar-refractivity contribution < 1.29 is 9.59 Å². The van der Waals surface area contributed by atoms with Crippen molar-refractivity contribution in [3.63, 3.8) is 0 Å². The number of rotatable bonds is 6. The molecule has 1 fully saturated rings. The molecule has 2 aromatic rings. The summed E-state index contributed by atoms with van der Waals surface area (Å²) in [5.74, 6) is 0.217. The quantitative estimate of drug-likeness (QED) is 0.813. The van der Waals surface area contributed by atoms with Gasteiger partial charge < -0.3 is 15.1 Å². The van der Waals surface area contributed by atoms with E-state index in [0.717, 1.165) is 31.9 Å². The smallest absolute Gasteiger partial charge is 0.224 e. The highest BCUT2D eigenvalue weighted by atomic mass is 16.2. The molecule has 0 aromatic heterocycles. The van der Waals surface area contributed by atoms with Gasteiger partial charge in [0.1, 0.15) is 0 Å². The number of anilines is 2. The summed E-state index contributed by atoms with van der Waals surface area (Å²) in [7, 11) is 0. The van der Waals surface area contributed by atoms with Crippen molar-refractivity contribution in [1.82, 2.24) is 4.90 Å². The van der Waals surface area contributed by atoms with E-state index in [4.69, 9.17) is 0 Å². The lowest BCUT2D eigenvalue weighted by atomic mass is 10.1. The van der Waals surface area contributed by atoms with Gasteiger partial charge >= 0.3 is 0 Å². The second kappa shape index (κ2) is 8.52. The van der Waals surface area contributed by atoms with E-state index in [2.05, 4.69) is 22.3 Å². The van der Waals surface area contributed by atoms with E-state index in [-0.39, 0.29) is 11.7 Å². The van der Waals surface area contributed by atoms with Crippen molar-refractivity contribution in [3.8, 4) is 0 Å². The Labute approximate surface area is 154 Å². The number of carbonyl (C=O) groups is 2. The predicted molar refractivity (Wildman–Crippen MR) is 105 cm³/mol. The molecule has 1 aliphatic rings. The highest BCUT2D eigenvalue weighted by Gasteiger charge is 2.20. The van der Waals surface area contributed by atoms with Crippen LogP contribution in [0.25, 0.3) is 0 Å². The van der Waals surface area contributed by atoms with Crippen molar-refractivity contribution in [2.24, 2.45) is 0 Å². The monoisotopic (exact) mass is 351 g/mol. The van der Waals surface area contributed by atoms with Gasteiger partial charge in [0.2, 0.25) is 5.91 Å². The van der Waals surface area contributed by atoms with Crippen LogP contribution in [0.15, 0.2) is 54.6 Å². The molecule has 1 heterocycles. The average molecular weight is 351 g/mol. The van der Waals surface area contributed by atoms with E-state index in [1.807, 2.05) is 41.3 Å². The number of nitrogens with zero attached hydrogens (tertiary/aromatic N) is 2. The molecule has 1 amide bonds. The summed E-state index contributed by atoms with van der Waals surface area (Å²) in [5, 5.41) is 3.23.